The van der Waals surface area contributed by atoms with Crippen LogP contribution in [0.1, 0.15) is 55.4 Å². The van der Waals surface area contributed by atoms with Crippen molar-refractivity contribution in [1.82, 2.24) is 0 Å². The third-order valence-corrected chi connectivity index (χ3v) is 4.70. The van der Waals surface area contributed by atoms with Gasteiger partial charge in [0.2, 0.25) is 18.3 Å². The lowest BCUT2D eigenvalue weighted by Crippen LogP contribution is -2.26. The SMILES string of the molecule is CC(C)COc1ccc2c(OC(=O)C(C)(C)C)c3c(c(OC(=O)C(C)(C)C)c2c1)OCO3. The smallest absolute Gasteiger partial charge is 0.316 e. The van der Waals surface area contributed by atoms with Crippen LogP contribution in [-0.2, 0) is 9.59 Å². The van der Waals surface area contributed by atoms with Crippen molar-refractivity contribution in [3.8, 4) is 28.7 Å². The lowest BCUT2D eigenvalue weighted by Gasteiger charge is -2.21. The van der Waals surface area contributed by atoms with Crippen molar-refractivity contribution >= 4 is 22.7 Å². The van der Waals surface area contributed by atoms with Crippen LogP contribution < -0.4 is 23.7 Å². The van der Waals surface area contributed by atoms with Gasteiger partial charge in [-0.1, -0.05) is 13.8 Å². The highest BCUT2D eigenvalue weighted by Crippen LogP contribution is 2.54. The first-order valence-corrected chi connectivity index (χ1v) is 10.8. The minimum atomic E-state index is -0.734. The van der Waals surface area contributed by atoms with E-state index in [9.17, 15) is 9.59 Å². The Hall–Kier alpha value is -2.96. The number of carbonyl (C=O) groups excluding carboxylic acids is 2. The summed E-state index contributed by atoms with van der Waals surface area (Å²) in [4.78, 5) is 25.4. The van der Waals surface area contributed by atoms with Crippen molar-refractivity contribution in [3.05, 3.63) is 18.2 Å². The van der Waals surface area contributed by atoms with Crippen molar-refractivity contribution in [2.45, 2.75) is 55.4 Å². The quantitative estimate of drug-likeness (QED) is 0.444. The van der Waals surface area contributed by atoms with Gasteiger partial charge >= 0.3 is 11.9 Å². The molecule has 0 saturated heterocycles. The molecule has 32 heavy (non-hydrogen) atoms. The maximum Gasteiger partial charge on any atom is 0.316 e. The molecule has 7 heteroatoms. The summed E-state index contributed by atoms with van der Waals surface area (Å²) in [5.74, 6) is 1.02. The van der Waals surface area contributed by atoms with Gasteiger partial charge in [0.1, 0.15) is 5.75 Å². The van der Waals surface area contributed by atoms with Gasteiger partial charge < -0.3 is 23.7 Å². The summed E-state index contributed by atoms with van der Waals surface area (Å²) in [6.45, 7) is 15.2. The number of rotatable bonds is 5. The highest BCUT2D eigenvalue weighted by Gasteiger charge is 2.35. The molecule has 0 saturated carbocycles. The number of hydrogen-bond donors (Lipinski definition) is 0. The summed E-state index contributed by atoms with van der Waals surface area (Å²) in [6, 6.07) is 5.32. The van der Waals surface area contributed by atoms with Crippen molar-refractivity contribution < 1.29 is 33.3 Å². The Morgan fingerprint density at radius 2 is 1.38 bits per heavy atom. The second-order valence-electron chi connectivity index (χ2n) is 10.4. The van der Waals surface area contributed by atoms with E-state index in [-0.39, 0.29) is 29.8 Å². The summed E-state index contributed by atoms with van der Waals surface area (Å²) in [5, 5.41) is 1.09. The van der Waals surface area contributed by atoms with E-state index in [0.29, 0.717) is 29.0 Å². The monoisotopic (exact) mass is 444 g/mol. The van der Waals surface area contributed by atoms with E-state index in [1.54, 1.807) is 59.7 Å². The first kappa shape index (κ1) is 23.7. The van der Waals surface area contributed by atoms with Gasteiger partial charge in [-0.3, -0.25) is 9.59 Å². The lowest BCUT2D eigenvalue weighted by atomic mass is 9.97. The van der Waals surface area contributed by atoms with Crippen LogP contribution in [0.25, 0.3) is 10.8 Å². The standard InChI is InChI=1S/C25H32O7/c1-14(2)12-28-15-9-10-16-17(11-15)19(32-23(27)25(6,7)8)21-20(29-13-30-21)18(16)31-22(26)24(3,4)5/h9-11,14H,12-13H2,1-8H3. The highest BCUT2D eigenvalue weighted by atomic mass is 16.7. The second kappa shape index (κ2) is 8.52. The predicted molar refractivity (Wildman–Crippen MR) is 121 cm³/mol. The van der Waals surface area contributed by atoms with Gasteiger partial charge in [0.15, 0.2) is 11.5 Å². The van der Waals surface area contributed by atoms with Crippen LogP contribution in [0.2, 0.25) is 0 Å². The molecule has 0 amide bonds. The summed E-state index contributed by atoms with van der Waals surface area (Å²) in [5.41, 5.74) is -1.46. The van der Waals surface area contributed by atoms with Crippen LogP contribution in [0, 0.1) is 16.7 Å². The van der Waals surface area contributed by atoms with Gasteiger partial charge in [-0.25, -0.2) is 0 Å². The largest absolute Gasteiger partial charge is 0.493 e. The molecule has 7 nitrogen and oxygen atoms in total. The summed E-state index contributed by atoms with van der Waals surface area (Å²) in [7, 11) is 0. The fraction of sp³-hybridized carbons (Fsp3) is 0.520. The molecule has 0 N–H and O–H groups in total. The molecule has 0 aliphatic carbocycles. The van der Waals surface area contributed by atoms with E-state index in [2.05, 4.69) is 13.8 Å². The summed E-state index contributed by atoms with van der Waals surface area (Å²) >= 11 is 0. The first-order valence-electron chi connectivity index (χ1n) is 10.8. The van der Waals surface area contributed by atoms with Gasteiger partial charge in [0.05, 0.1) is 17.4 Å². The fourth-order valence-corrected chi connectivity index (χ4v) is 2.82. The molecule has 1 heterocycles. The molecule has 0 fully saturated rings. The van der Waals surface area contributed by atoms with Crippen molar-refractivity contribution in [2.24, 2.45) is 16.7 Å². The minimum Gasteiger partial charge on any atom is -0.493 e. The van der Waals surface area contributed by atoms with Crippen molar-refractivity contribution in [3.63, 3.8) is 0 Å². The van der Waals surface area contributed by atoms with Crippen molar-refractivity contribution in [1.29, 1.82) is 0 Å². The molecule has 3 rings (SSSR count). The van der Waals surface area contributed by atoms with Crippen LogP contribution in [0.4, 0.5) is 0 Å². The van der Waals surface area contributed by atoms with Gasteiger partial charge in [-0.05, 0) is 65.7 Å². The zero-order valence-corrected chi connectivity index (χ0v) is 20.1. The Morgan fingerprint density at radius 3 is 1.84 bits per heavy atom. The highest BCUT2D eigenvalue weighted by molar-refractivity contribution is 6.02. The van der Waals surface area contributed by atoms with Crippen LogP contribution in [0.5, 0.6) is 28.7 Å². The number of fused-ring (bicyclic) bond motifs is 2. The Kier molecular flexibility index (Phi) is 6.31. The van der Waals surface area contributed by atoms with E-state index in [1.165, 1.54) is 0 Å². The van der Waals surface area contributed by atoms with E-state index >= 15 is 0 Å². The number of benzene rings is 2. The van der Waals surface area contributed by atoms with Crippen LogP contribution in [0.3, 0.4) is 0 Å². The molecule has 0 aromatic heterocycles. The molecule has 1 aliphatic rings. The molecule has 1 aliphatic heterocycles. The number of esters is 2. The maximum atomic E-state index is 12.7. The Balaban J connectivity index is 2.21. The molecule has 0 spiro atoms. The third kappa shape index (κ3) is 4.92. The van der Waals surface area contributed by atoms with Crippen molar-refractivity contribution in [2.75, 3.05) is 13.4 Å². The third-order valence-electron chi connectivity index (χ3n) is 4.70. The van der Waals surface area contributed by atoms with E-state index < -0.39 is 22.8 Å². The molecular weight excluding hydrogens is 412 g/mol. The molecule has 2 aromatic rings. The number of ether oxygens (including phenoxy) is 5. The predicted octanol–water partition coefficient (Wildman–Crippen LogP) is 5.51. The first-order chi connectivity index (χ1) is 14.8. The molecule has 2 aromatic carbocycles. The molecule has 0 radical (unpaired) electrons. The van der Waals surface area contributed by atoms with E-state index in [1.807, 2.05) is 0 Å². The normalized spacial score (nSPS) is 13.4. The number of carbonyl (C=O) groups is 2. The number of hydrogen-bond acceptors (Lipinski definition) is 7. The Labute approximate surface area is 188 Å². The topological polar surface area (TPSA) is 80.3 Å². The van der Waals surface area contributed by atoms with Crippen LogP contribution in [-0.4, -0.2) is 25.3 Å². The molecular formula is C25H32O7. The minimum absolute atomic E-state index is 0.0809. The molecule has 0 atom stereocenters. The van der Waals surface area contributed by atoms with Gasteiger partial charge in [0.25, 0.3) is 0 Å². The average Bonchev–Trinajstić information content (AvgIpc) is 3.16. The zero-order valence-electron chi connectivity index (χ0n) is 20.1. The van der Waals surface area contributed by atoms with E-state index in [0.717, 1.165) is 0 Å². The zero-order chi connectivity index (χ0) is 23.8. The van der Waals surface area contributed by atoms with Crippen LogP contribution in [0.15, 0.2) is 18.2 Å². The Bertz CT molecular complexity index is 1040. The van der Waals surface area contributed by atoms with Gasteiger partial charge in [0, 0.05) is 10.8 Å². The van der Waals surface area contributed by atoms with Gasteiger partial charge in [-0.2, -0.15) is 0 Å². The molecule has 174 valence electrons. The van der Waals surface area contributed by atoms with E-state index in [4.69, 9.17) is 23.7 Å². The lowest BCUT2D eigenvalue weighted by molar-refractivity contribution is -0.143. The van der Waals surface area contributed by atoms with Crippen LogP contribution >= 0.6 is 0 Å². The molecule has 0 unspecified atom stereocenters. The Morgan fingerprint density at radius 1 is 0.875 bits per heavy atom. The maximum absolute atomic E-state index is 12.7. The second-order valence-corrected chi connectivity index (χ2v) is 10.4. The van der Waals surface area contributed by atoms with Gasteiger partial charge in [-0.15, -0.1) is 0 Å². The summed E-state index contributed by atoms with van der Waals surface area (Å²) < 4.78 is 28.8. The summed E-state index contributed by atoms with van der Waals surface area (Å²) in [6.07, 6.45) is 0. The fourth-order valence-electron chi connectivity index (χ4n) is 2.82. The molecule has 0 bridgehead atoms. The average molecular weight is 445 g/mol.